The minimum atomic E-state index is -1.30. The number of aliphatic imine (C=N–C) groups is 1. The number of amides is 8. The Bertz CT molecular complexity index is 1460. The van der Waals surface area contributed by atoms with Crippen molar-refractivity contribution in [2.75, 3.05) is 45.0 Å². The van der Waals surface area contributed by atoms with Crippen molar-refractivity contribution in [2.45, 2.75) is 63.2 Å². The van der Waals surface area contributed by atoms with Crippen molar-refractivity contribution in [3.63, 3.8) is 0 Å². The predicted octanol–water partition coefficient (Wildman–Crippen LogP) is -5.65. The molecule has 1 rings (SSSR count). The number of thiol groups is 1. The van der Waals surface area contributed by atoms with Crippen LogP contribution in [0.2, 0.25) is 0 Å². The third kappa shape index (κ3) is 20.4. The van der Waals surface area contributed by atoms with Crippen LogP contribution in [0.25, 0.3) is 0 Å². The maximum Gasteiger partial charge on any atom is 0.327 e. The van der Waals surface area contributed by atoms with Crippen LogP contribution in [-0.4, -0.2) is 133 Å². The number of rotatable bonds is 26. The van der Waals surface area contributed by atoms with Crippen molar-refractivity contribution in [1.29, 1.82) is 0 Å². The monoisotopic (exact) mass is 796 g/mol. The van der Waals surface area contributed by atoms with Crippen LogP contribution in [0.4, 0.5) is 0 Å². The smallest absolute Gasteiger partial charge is 0.327 e. The minimum absolute atomic E-state index is 0.0609. The van der Waals surface area contributed by atoms with E-state index in [0.29, 0.717) is 19.4 Å². The van der Waals surface area contributed by atoms with Crippen LogP contribution in [0.15, 0.2) is 29.3 Å². The summed E-state index contributed by atoms with van der Waals surface area (Å²) in [6, 6.07) is -4.58. The molecule has 306 valence electrons. The number of nitrogens with zero attached hydrogens (tertiary/aromatic N) is 1. The maximum absolute atomic E-state index is 13.5. The molecule has 0 spiro atoms. The van der Waals surface area contributed by atoms with Crippen molar-refractivity contribution < 1.29 is 48.3 Å². The average Bonchev–Trinajstić information content (AvgIpc) is 3.69. The summed E-state index contributed by atoms with van der Waals surface area (Å²) < 4.78 is 0. The molecule has 1 aliphatic rings. The topological polar surface area (TPSA) is 361 Å². The Morgan fingerprint density at radius 1 is 0.673 bits per heavy atom. The second kappa shape index (κ2) is 26.1. The Balaban J connectivity index is 2.72. The molecule has 0 radical (unpaired) electrons. The predicted molar refractivity (Wildman–Crippen MR) is 202 cm³/mol. The van der Waals surface area contributed by atoms with Crippen LogP contribution in [0.5, 0.6) is 0 Å². The van der Waals surface area contributed by atoms with E-state index in [1.807, 2.05) is 0 Å². The van der Waals surface area contributed by atoms with Gasteiger partial charge in [-0.15, -0.1) is 0 Å². The molecule has 0 aromatic heterocycles. The van der Waals surface area contributed by atoms with Crippen LogP contribution in [0, 0.1) is 5.92 Å². The number of hydrogen-bond acceptors (Lipinski definition) is 12. The van der Waals surface area contributed by atoms with E-state index in [0.717, 1.165) is 0 Å². The third-order valence-electron chi connectivity index (χ3n) is 7.54. The van der Waals surface area contributed by atoms with E-state index in [-0.39, 0.29) is 37.5 Å². The zero-order valence-electron chi connectivity index (χ0n) is 30.4. The standard InChI is InChI=1S/C32H52N12O10S/c1-18(41-28(50)19-7-2-3-8-19)27(49)43-21(10-6-12-36-32(34)35)30(52)44-20(9-4-5-11-33)29(51)40-15-25(47)38-13-23(45)37-14-24(46)39-16-26(48)42-22(17-55)31(53)54/h2-3,7-8,18-22,55H,4-6,9-17,33H2,1H3,(H,37,45)(H,38,47)(H,39,46)(H,40,51)(H,41,50)(H,42,48)(H,43,49)(H,44,52)(H,53,54)(H4,34,35,36)/t18-,20+,21-,22-/m0/s1. The zero-order chi connectivity index (χ0) is 41.3. The lowest BCUT2D eigenvalue weighted by Gasteiger charge is -2.24. The zero-order valence-corrected chi connectivity index (χ0v) is 31.3. The van der Waals surface area contributed by atoms with Crippen LogP contribution in [0.3, 0.4) is 0 Å². The maximum atomic E-state index is 13.5. The summed E-state index contributed by atoms with van der Waals surface area (Å²) in [6.07, 6.45) is 8.10. The summed E-state index contributed by atoms with van der Waals surface area (Å²) in [5.74, 6) is -7.81. The molecule has 23 heteroatoms. The molecule has 55 heavy (non-hydrogen) atoms. The molecule has 15 N–H and O–H groups in total. The summed E-state index contributed by atoms with van der Waals surface area (Å²) >= 11 is 3.81. The van der Waals surface area contributed by atoms with E-state index in [4.69, 9.17) is 22.3 Å². The van der Waals surface area contributed by atoms with Gasteiger partial charge in [0.25, 0.3) is 0 Å². The minimum Gasteiger partial charge on any atom is -0.480 e. The normalized spacial score (nSPS) is 13.9. The Labute approximate surface area is 322 Å². The molecular weight excluding hydrogens is 744 g/mol. The molecule has 0 aromatic carbocycles. The molecule has 0 aromatic rings. The van der Waals surface area contributed by atoms with Gasteiger partial charge in [0.1, 0.15) is 24.2 Å². The highest BCUT2D eigenvalue weighted by atomic mass is 32.1. The quantitative estimate of drug-likeness (QED) is 0.0168. The molecule has 4 atom stereocenters. The molecule has 0 bridgehead atoms. The highest BCUT2D eigenvalue weighted by Crippen LogP contribution is 2.09. The number of carboxylic acid groups (broad SMARTS) is 1. The van der Waals surface area contributed by atoms with Gasteiger partial charge >= 0.3 is 5.97 Å². The van der Waals surface area contributed by atoms with Gasteiger partial charge in [-0.25, -0.2) is 4.79 Å². The molecule has 0 saturated heterocycles. The van der Waals surface area contributed by atoms with Crippen molar-refractivity contribution in [3.8, 4) is 0 Å². The van der Waals surface area contributed by atoms with E-state index >= 15 is 0 Å². The lowest BCUT2D eigenvalue weighted by molar-refractivity contribution is -0.141. The molecular formula is C32H52N12O10S. The summed E-state index contributed by atoms with van der Waals surface area (Å²) in [5.41, 5.74) is 16.4. The van der Waals surface area contributed by atoms with Gasteiger partial charge < -0.3 is 64.8 Å². The summed E-state index contributed by atoms with van der Waals surface area (Å²) in [5, 5.41) is 27.9. The van der Waals surface area contributed by atoms with Crippen molar-refractivity contribution >= 4 is 71.8 Å². The van der Waals surface area contributed by atoms with Gasteiger partial charge in [-0.1, -0.05) is 24.3 Å². The molecule has 0 saturated carbocycles. The highest BCUT2D eigenvalue weighted by Gasteiger charge is 2.29. The Morgan fingerprint density at radius 2 is 1.18 bits per heavy atom. The van der Waals surface area contributed by atoms with E-state index in [1.54, 1.807) is 24.3 Å². The summed E-state index contributed by atoms with van der Waals surface area (Å²) in [6.45, 7) is -0.369. The first-order chi connectivity index (χ1) is 26.1. The number of aliphatic carboxylic acids is 1. The number of carbonyl (C=O) groups excluding carboxylic acids is 8. The van der Waals surface area contributed by atoms with Gasteiger partial charge in [0.2, 0.25) is 47.3 Å². The van der Waals surface area contributed by atoms with E-state index in [1.165, 1.54) is 6.92 Å². The van der Waals surface area contributed by atoms with Crippen molar-refractivity contribution in [2.24, 2.45) is 28.1 Å². The largest absolute Gasteiger partial charge is 0.480 e. The molecule has 22 nitrogen and oxygen atoms in total. The third-order valence-corrected chi connectivity index (χ3v) is 7.90. The van der Waals surface area contributed by atoms with Gasteiger partial charge in [0.15, 0.2) is 5.96 Å². The van der Waals surface area contributed by atoms with Crippen LogP contribution in [-0.2, 0) is 43.2 Å². The Kier molecular flexibility index (Phi) is 22.5. The van der Waals surface area contributed by atoms with Gasteiger partial charge in [-0.05, 0) is 45.6 Å². The van der Waals surface area contributed by atoms with Gasteiger partial charge in [0.05, 0.1) is 32.1 Å². The van der Waals surface area contributed by atoms with Gasteiger partial charge in [0, 0.05) is 12.3 Å². The fourth-order valence-electron chi connectivity index (χ4n) is 4.53. The van der Waals surface area contributed by atoms with Crippen molar-refractivity contribution in [3.05, 3.63) is 24.3 Å². The first-order valence-electron chi connectivity index (χ1n) is 17.3. The first-order valence-corrected chi connectivity index (χ1v) is 17.9. The van der Waals surface area contributed by atoms with E-state index < -0.39 is 109 Å². The van der Waals surface area contributed by atoms with E-state index in [2.05, 4.69) is 60.2 Å². The van der Waals surface area contributed by atoms with Crippen LogP contribution >= 0.6 is 12.6 Å². The average molecular weight is 797 g/mol. The Hall–Kier alpha value is -5.71. The van der Waals surface area contributed by atoms with Gasteiger partial charge in [-0.2, -0.15) is 12.6 Å². The summed E-state index contributed by atoms with van der Waals surface area (Å²) in [4.78, 5) is 115. The highest BCUT2D eigenvalue weighted by molar-refractivity contribution is 7.80. The van der Waals surface area contributed by atoms with Crippen LogP contribution in [0.1, 0.15) is 39.0 Å². The van der Waals surface area contributed by atoms with Crippen molar-refractivity contribution in [1.82, 2.24) is 42.5 Å². The summed E-state index contributed by atoms with van der Waals surface area (Å²) in [7, 11) is 0. The molecule has 1 aliphatic carbocycles. The van der Waals surface area contributed by atoms with Gasteiger partial charge in [-0.3, -0.25) is 43.3 Å². The second-order valence-corrected chi connectivity index (χ2v) is 12.4. The number of hydrogen-bond donors (Lipinski definition) is 13. The van der Waals surface area contributed by atoms with E-state index in [9.17, 15) is 43.2 Å². The number of unbranched alkanes of at least 4 members (excludes halogenated alkanes) is 1. The molecule has 0 aliphatic heterocycles. The lowest BCUT2D eigenvalue weighted by Crippen LogP contribution is -2.57. The fraction of sp³-hybridized carbons (Fsp3) is 0.562. The SMILES string of the molecule is C[C@H](NC(=O)C1C=CC=C1)C(=O)N[C@@H](CCCN=C(N)N)C(=O)N[C@H](CCCCN)C(=O)NCC(=O)NCC(=O)NCC(=O)NCC(=O)N[C@@H](CS)C(=O)O. The number of nitrogens with two attached hydrogens (primary N) is 3. The number of guanidine groups is 1. The Morgan fingerprint density at radius 3 is 1.71 bits per heavy atom. The molecule has 0 heterocycles. The van der Waals surface area contributed by atoms with Crippen LogP contribution < -0.4 is 59.7 Å². The lowest BCUT2D eigenvalue weighted by atomic mass is 10.1. The first kappa shape index (κ1) is 47.3. The molecule has 0 unspecified atom stereocenters. The number of nitrogens with one attached hydrogen (secondary N) is 8. The molecule has 8 amide bonds. The number of carbonyl (C=O) groups is 9. The fourth-order valence-corrected chi connectivity index (χ4v) is 4.78. The second-order valence-electron chi connectivity index (χ2n) is 12.1. The number of allylic oxidation sites excluding steroid dienone is 2. The number of carboxylic acids is 1. The molecule has 0 fully saturated rings.